The maximum atomic E-state index is 9.16. The van der Waals surface area contributed by atoms with Crippen LogP contribution in [-0.4, -0.2) is 26.8 Å². The van der Waals surface area contributed by atoms with E-state index in [2.05, 4.69) is 28.4 Å². The highest BCUT2D eigenvalue weighted by Gasteiger charge is 2.21. The van der Waals surface area contributed by atoms with Gasteiger partial charge in [-0.05, 0) is 32.7 Å². The van der Waals surface area contributed by atoms with E-state index in [0.717, 1.165) is 25.8 Å². The Bertz CT molecular complexity index is 452. The number of rotatable bonds is 7. The van der Waals surface area contributed by atoms with E-state index in [-0.39, 0.29) is 5.82 Å². The van der Waals surface area contributed by atoms with Crippen LogP contribution in [0.25, 0.3) is 0 Å². The molecule has 6 nitrogen and oxygen atoms in total. The van der Waals surface area contributed by atoms with Gasteiger partial charge in [0.2, 0.25) is 0 Å². The molecule has 0 bridgehead atoms. The van der Waals surface area contributed by atoms with Gasteiger partial charge in [-0.25, -0.2) is 4.98 Å². The van der Waals surface area contributed by atoms with E-state index in [1.807, 2.05) is 13.0 Å². The van der Waals surface area contributed by atoms with Crippen LogP contribution in [0.15, 0.2) is 6.33 Å². The number of hydrogen-bond donors (Lipinski definition) is 1. The molecule has 0 aliphatic heterocycles. The number of nitrogens with one attached hydrogen (secondary N) is 1. The highest BCUT2D eigenvalue weighted by molar-refractivity contribution is 5.05. The predicted octanol–water partition coefficient (Wildman–Crippen LogP) is 1.21. The summed E-state index contributed by atoms with van der Waals surface area (Å²) < 4.78 is 1.64. The normalized spacial score (nSPS) is 13.6. The number of aromatic nitrogens is 3. The molecule has 18 heavy (non-hydrogen) atoms. The van der Waals surface area contributed by atoms with Crippen molar-refractivity contribution in [1.29, 1.82) is 10.5 Å². The van der Waals surface area contributed by atoms with E-state index < -0.39 is 5.54 Å². The zero-order chi connectivity index (χ0) is 13.4. The lowest BCUT2D eigenvalue weighted by Gasteiger charge is -2.22. The van der Waals surface area contributed by atoms with E-state index in [0.29, 0.717) is 6.54 Å². The van der Waals surface area contributed by atoms with Crippen LogP contribution in [0.5, 0.6) is 0 Å². The van der Waals surface area contributed by atoms with E-state index in [4.69, 9.17) is 10.5 Å². The van der Waals surface area contributed by atoms with Gasteiger partial charge in [0, 0.05) is 6.54 Å². The van der Waals surface area contributed by atoms with E-state index in [9.17, 15) is 0 Å². The number of hydrogen-bond acceptors (Lipinski definition) is 5. The molecule has 96 valence electrons. The second-order valence-corrected chi connectivity index (χ2v) is 4.42. The molecule has 1 N–H and O–H groups in total. The molecule has 1 unspecified atom stereocenters. The topological polar surface area (TPSA) is 90.3 Å². The molecular weight excluding hydrogens is 228 g/mol. The van der Waals surface area contributed by atoms with Gasteiger partial charge in [0.1, 0.15) is 17.9 Å². The quantitative estimate of drug-likeness (QED) is 0.781. The lowest BCUT2D eigenvalue weighted by atomic mass is 9.97. The van der Waals surface area contributed by atoms with Gasteiger partial charge in [0.05, 0.1) is 6.07 Å². The highest BCUT2D eigenvalue weighted by Crippen LogP contribution is 2.12. The molecule has 0 amide bonds. The molecule has 0 spiro atoms. The molecule has 1 rings (SSSR count). The Morgan fingerprint density at radius 3 is 2.83 bits per heavy atom. The second kappa shape index (κ2) is 6.73. The fourth-order valence-electron chi connectivity index (χ4n) is 1.63. The Morgan fingerprint density at radius 1 is 1.50 bits per heavy atom. The van der Waals surface area contributed by atoms with Gasteiger partial charge < -0.3 is 0 Å². The van der Waals surface area contributed by atoms with Crippen molar-refractivity contribution in [2.24, 2.45) is 0 Å². The molecule has 0 fully saturated rings. The molecule has 1 aromatic rings. The minimum Gasteiger partial charge on any atom is -0.300 e. The van der Waals surface area contributed by atoms with E-state index in [1.165, 1.54) is 0 Å². The largest absolute Gasteiger partial charge is 0.300 e. The third-order valence-corrected chi connectivity index (χ3v) is 2.71. The molecule has 1 aromatic heterocycles. The molecular formula is C12H18N6. The van der Waals surface area contributed by atoms with Crippen LogP contribution < -0.4 is 5.32 Å². The summed E-state index contributed by atoms with van der Waals surface area (Å²) in [4.78, 5) is 3.83. The molecule has 1 atom stereocenters. The number of nitriles is 2. The van der Waals surface area contributed by atoms with Crippen molar-refractivity contribution in [3.8, 4) is 12.1 Å². The Kier molecular flexibility index (Phi) is 5.29. The summed E-state index contributed by atoms with van der Waals surface area (Å²) in [5.41, 5.74) is -0.491. The summed E-state index contributed by atoms with van der Waals surface area (Å²) in [5.74, 6) is 0.183. The van der Waals surface area contributed by atoms with Crippen LogP contribution in [0.4, 0.5) is 0 Å². The molecule has 0 aromatic carbocycles. The summed E-state index contributed by atoms with van der Waals surface area (Å²) in [5, 5.41) is 25.0. The summed E-state index contributed by atoms with van der Waals surface area (Å²) in [6.45, 7) is 5.49. The van der Waals surface area contributed by atoms with Crippen LogP contribution >= 0.6 is 0 Å². The van der Waals surface area contributed by atoms with E-state index >= 15 is 0 Å². The maximum absolute atomic E-state index is 9.16. The fraction of sp³-hybridized carbons (Fsp3) is 0.667. The highest BCUT2D eigenvalue weighted by atomic mass is 15.3. The fourth-order valence-corrected chi connectivity index (χ4v) is 1.63. The van der Waals surface area contributed by atoms with Crippen LogP contribution in [-0.2, 0) is 6.54 Å². The van der Waals surface area contributed by atoms with Crippen molar-refractivity contribution in [2.75, 3.05) is 6.54 Å². The standard InChI is InChI=1S/C12H18N6/c1-3-6-16-12(2,9-14)5-4-7-18-10-15-11(8-13)17-18/h10,16H,3-7H2,1-2H3. The first kappa shape index (κ1) is 14.1. The van der Waals surface area contributed by atoms with Crippen LogP contribution in [0.3, 0.4) is 0 Å². The Balaban J connectivity index is 2.40. The van der Waals surface area contributed by atoms with Gasteiger partial charge >= 0.3 is 0 Å². The first-order valence-electron chi connectivity index (χ1n) is 6.09. The van der Waals surface area contributed by atoms with Gasteiger partial charge in [-0.3, -0.25) is 10.00 Å². The van der Waals surface area contributed by atoms with Crippen molar-refractivity contribution < 1.29 is 0 Å². The molecule has 0 aliphatic carbocycles. The summed E-state index contributed by atoms with van der Waals surface area (Å²) in [7, 11) is 0. The molecule has 0 radical (unpaired) electrons. The van der Waals surface area contributed by atoms with Gasteiger partial charge in [-0.1, -0.05) is 6.92 Å². The van der Waals surface area contributed by atoms with Crippen molar-refractivity contribution >= 4 is 0 Å². The van der Waals surface area contributed by atoms with Gasteiger partial charge in [0.15, 0.2) is 0 Å². The van der Waals surface area contributed by atoms with Crippen molar-refractivity contribution in [1.82, 2.24) is 20.1 Å². The molecule has 1 heterocycles. The van der Waals surface area contributed by atoms with Crippen LogP contribution in [0.2, 0.25) is 0 Å². The van der Waals surface area contributed by atoms with Crippen LogP contribution in [0.1, 0.15) is 38.9 Å². The van der Waals surface area contributed by atoms with Gasteiger partial charge in [-0.2, -0.15) is 10.5 Å². The smallest absolute Gasteiger partial charge is 0.252 e. The van der Waals surface area contributed by atoms with Gasteiger partial charge in [-0.15, -0.1) is 5.10 Å². The SMILES string of the molecule is CCCNC(C)(C#N)CCCn1cnc(C#N)n1. The number of nitrogens with zero attached hydrogens (tertiary/aromatic N) is 5. The zero-order valence-electron chi connectivity index (χ0n) is 10.8. The Labute approximate surface area is 107 Å². The average molecular weight is 246 g/mol. The second-order valence-electron chi connectivity index (χ2n) is 4.42. The third kappa shape index (κ3) is 4.15. The van der Waals surface area contributed by atoms with Crippen molar-refractivity contribution in [3.63, 3.8) is 0 Å². The molecule has 6 heteroatoms. The third-order valence-electron chi connectivity index (χ3n) is 2.71. The summed E-state index contributed by atoms with van der Waals surface area (Å²) in [6, 6.07) is 4.19. The molecule has 0 saturated carbocycles. The van der Waals surface area contributed by atoms with E-state index in [1.54, 1.807) is 11.0 Å². The van der Waals surface area contributed by atoms with Crippen molar-refractivity contribution in [3.05, 3.63) is 12.2 Å². The Hall–Kier alpha value is -1.92. The van der Waals surface area contributed by atoms with Crippen LogP contribution in [0, 0.1) is 22.7 Å². The lowest BCUT2D eigenvalue weighted by molar-refractivity contribution is 0.389. The Morgan fingerprint density at radius 2 is 2.28 bits per heavy atom. The summed E-state index contributed by atoms with van der Waals surface area (Å²) in [6.07, 6.45) is 4.11. The first-order valence-corrected chi connectivity index (χ1v) is 6.09. The zero-order valence-corrected chi connectivity index (χ0v) is 10.8. The number of aryl methyl sites for hydroxylation is 1. The van der Waals surface area contributed by atoms with Crippen molar-refractivity contribution in [2.45, 2.75) is 45.2 Å². The minimum absolute atomic E-state index is 0.183. The monoisotopic (exact) mass is 246 g/mol. The first-order chi connectivity index (χ1) is 8.63. The molecule has 0 saturated heterocycles. The lowest BCUT2D eigenvalue weighted by Crippen LogP contribution is -2.41. The predicted molar refractivity (Wildman–Crippen MR) is 66.3 cm³/mol. The van der Waals surface area contributed by atoms with Gasteiger partial charge in [0.25, 0.3) is 5.82 Å². The summed E-state index contributed by atoms with van der Waals surface area (Å²) >= 11 is 0. The molecule has 0 aliphatic rings. The average Bonchev–Trinajstić information content (AvgIpc) is 2.84. The maximum Gasteiger partial charge on any atom is 0.252 e. The minimum atomic E-state index is -0.491.